The van der Waals surface area contributed by atoms with Gasteiger partial charge in [0, 0.05) is 39.3 Å². The van der Waals surface area contributed by atoms with Crippen molar-refractivity contribution in [3.05, 3.63) is 0 Å². The average molecular weight is 227 g/mol. The third-order valence-electron chi connectivity index (χ3n) is 3.75. The van der Waals surface area contributed by atoms with Gasteiger partial charge in [-0.1, -0.05) is 27.2 Å². The Morgan fingerprint density at radius 1 is 1.19 bits per heavy atom. The van der Waals surface area contributed by atoms with E-state index in [1.54, 1.807) is 0 Å². The second kappa shape index (κ2) is 7.25. The van der Waals surface area contributed by atoms with Gasteiger partial charge < -0.3 is 10.6 Å². The molecule has 0 saturated carbocycles. The molecule has 96 valence electrons. The number of nitrogens with zero attached hydrogens (tertiary/aromatic N) is 1. The summed E-state index contributed by atoms with van der Waals surface area (Å²) in [5.74, 6) is 0. The van der Waals surface area contributed by atoms with Gasteiger partial charge in [0.05, 0.1) is 0 Å². The Morgan fingerprint density at radius 2 is 1.88 bits per heavy atom. The molecule has 0 aromatic carbocycles. The first-order valence-electron chi connectivity index (χ1n) is 6.78. The SMILES string of the molecule is CCC(C)(C)CCNCCN1CCNCC1. The van der Waals surface area contributed by atoms with Crippen LogP contribution in [0.5, 0.6) is 0 Å². The molecule has 0 atom stereocenters. The van der Waals surface area contributed by atoms with E-state index in [9.17, 15) is 0 Å². The Labute approximate surface area is 101 Å². The highest BCUT2D eigenvalue weighted by atomic mass is 15.2. The highest BCUT2D eigenvalue weighted by molar-refractivity contribution is 4.70. The van der Waals surface area contributed by atoms with E-state index in [4.69, 9.17) is 0 Å². The van der Waals surface area contributed by atoms with E-state index in [-0.39, 0.29) is 0 Å². The predicted octanol–water partition coefficient (Wildman–Crippen LogP) is 1.31. The highest BCUT2D eigenvalue weighted by Crippen LogP contribution is 2.23. The molecular weight excluding hydrogens is 198 g/mol. The lowest BCUT2D eigenvalue weighted by Gasteiger charge is -2.27. The van der Waals surface area contributed by atoms with Crippen molar-refractivity contribution in [3.63, 3.8) is 0 Å². The lowest BCUT2D eigenvalue weighted by Crippen LogP contribution is -2.45. The summed E-state index contributed by atoms with van der Waals surface area (Å²) in [6, 6.07) is 0. The van der Waals surface area contributed by atoms with Gasteiger partial charge in [-0.2, -0.15) is 0 Å². The quantitative estimate of drug-likeness (QED) is 0.642. The molecular formula is C13H29N3. The topological polar surface area (TPSA) is 27.3 Å². The molecule has 16 heavy (non-hydrogen) atoms. The minimum absolute atomic E-state index is 0.502. The van der Waals surface area contributed by atoms with Crippen LogP contribution in [0.15, 0.2) is 0 Å². The molecule has 0 bridgehead atoms. The second-order valence-corrected chi connectivity index (χ2v) is 5.61. The zero-order valence-electron chi connectivity index (χ0n) is 11.3. The van der Waals surface area contributed by atoms with Crippen LogP contribution in [0.2, 0.25) is 0 Å². The van der Waals surface area contributed by atoms with Crippen LogP contribution in [0.4, 0.5) is 0 Å². The molecule has 1 fully saturated rings. The maximum absolute atomic E-state index is 3.56. The number of nitrogens with one attached hydrogen (secondary N) is 2. The largest absolute Gasteiger partial charge is 0.315 e. The molecule has 0 amide bonds. The van der Waals surface area contributed by atoms with Crippen molar-refractivity contribution >= 4 is 0 Å². The average Bonchev–Trinajstić information content (AvgIpc) is 2.30. The first-order chi connectivity index (χ1) is 7.64. The Balaban J connectivity index is 1.95. The number of rotatable bonds is 7. The second-order valence-electron chi connectivity index (χ2n) is 5.61. The van der Waals surface area contributed by atoms with Crippen LogP contribution < -0.4 is 10.6 Å². The predicted molar refractivity (Wildman–Crippen MR) is 70.9 cm³/mol. The summed E-state index contributed by atoms with van der Waals surface area (Å²) in [6.45, 7) is 15.2. The van der Waals surface area contributed by atoms with Crippen LogP contribution in [0, 0.1) is 5.41 Å². The van der Waals surface area contributed by atoms with Crippen LogP contribution >= 0.6 is 0 Å². The molecule has 3 heteroatoms. The third-order valence-corrected chi connectivity index (χ3v) is 3.75. The molecule has 1 saturated heterocycles. The zero-order valence-corrected chi connectivity index (χ0v) is 11.3. The van der Waals surface area contributed by atoms with Gasteiger partial charge >= 0.3 is 0 Å². The van der Waals surface area contributed by atoms with Crippen molar-refractivity contribution in [2.24, 2.45) is 5.41 Å². The zero-order chi connectivity index (χ0) is 11.9. The summed E-state index contributed by atoms with van der Waals surface area (Å²) >= 11 is 0. The lowest BCUT2D eigenvalue weighted by atomic mass is 9.87. The molecule has 0 radical (unpaired) electrons. The monoisotopic (exact) mass is 227 g/mol. The molecule has 1 aliphatic heterocycles. The summed E-state index contributed by atoms with van der Waals surface area (Å²) < 4.78 is 0. The van der Waals surface area contributed by atoms with Crippen LogP contribution in [0.3, 0.4) is 0 Å². The van der Waals surface area contributed by atoms with Crippen molar-refractivity contribution in [1.82, 2.24) is 15.5 Å². The van der Waals surface area contributed by atoms with Crippen LogP contribution in [0.25, 0.3) is 0 Å². The molecule has 0 spiro atoms. The van der Waals surface area contributed by atoms with E-state index in [0.29, 0.717) is 5.41 Å². The molecule has 0 aromatic rings. The fraction of sp³-hybridized carbons (Fsp3) is 1.00. The van der Waals surface area contributed by atoms with E-state index in [1.807, 2.05) is 0 Å². The van der Waals surface area contributed by atoms with E-state index in [1.165, 1.54) is 32.5 Å². The minimum Gasteiger partial charge on any atom is -0.315 e. The fourth-order valence-electron chi connectivity index (χ4n) is 1.90. The summed E-state index contributed by atoms with van der Waals surface area (Å²) in [5.41, 5.74) is 0.502. The first-order valence-corrected chi connectivity index (χ1v) is 6.78. The molecule has 0 aliphatic carbocycles. The molecule has 0 unspecified atom stereocenters. The molecule has 2 N–H and O–H groups in total. The number of hydrogen-bond acceptors (Lipinski definition) is 3. The first kappa shape index (κ1) is 13.9. The van der Waals surface area contributed by atoms with Crippen molar-refractivity contribution < 1.29 is 0 Å². The summed E-state index contributed by atoms with van der Waals surface area (Å²) in [6.07, 6.45) is 2.55. The highest BCUT2D eigenvalue weighted by Gasteiger charge is 2.14. The van der Waals surface area contributed by atoms with Gasteiger partial charge in [-0.15, -0.1) is 0 Å². The summed E-state index contributed by atoms with van der Waals surface area (Å²) in [5, 5.41) is 6.94. The van der Waals surface area contributed by atoms with Gasteiger partial charge in [0.25, 0.3) is 0 Å². The van der Waals surface area contributed by atoms with E-state index < -0.39 is 0 Å². The van der Waals surface area contributed by atoms with E-state index >= 15 is 0 Å². The smallest absolute Gasteiger partial charge is 0.0108 e. The summed E-state index contributed by atoms with van der Waals surface area (Å²) in [4.78, 5) is 2.54. The van der Waals surface area contributed by atoms with Crippen LogP contribution in [-0.4, -0.2) is 50.7 Å². The Morgan fingerprint density at radius 3 is 2.50 bits per heavy atom. The van der Waals surface area contributed by atoms with Gasteiger partial charge in [0.1, 0.15) is 0 Å². The number of piperazine rings is 1. The van der Waals surface area contributed by atoms with Gasteiger partial charge in [0.15, 0.2) is 0 Å². The van der Waals surface area contributed by atoms with Crippen molar-refractivity contribution in [1.29, 1.82) is 0 Å². The summed E-state index contributed by atoms with van der Waals surface area (Å²) in [7, 11) is 0. The maximum atomic E-state index is 3.56. The van der Waals surface area contributed by atoms with Crippen molar-refractivity contribution in [3.8, 4) is 0 Å². The fourth-order valence-corrected chi connectivity index (χ4v) is 1.90. The Bertz CT molecular complexity index is 174. The lowest BCUT2D eigenvalue weighted by molar-refractivity contribution is 0.238. The van der Waals surface area contributed by atoms with Crippen LogP contribution in [0.1, 0.15) is 33.6 Å². The normalized spacial score (nSPS) is 18.9. The Kier molecular flexibility index (Phi) is 6.32. The molecule has 0 aromatic heterocycles. The van der Waals surface area contributed by atoms with Crippen molar-refractivity contribution in [2.45, 2.75) is 33.6 Å². The third kappa shape index (κ3) is 5.83. The maximum Gasteiger partial charge on any atom is 0.0108 e. The van der Waals surface area contributed by atoms with Gasteiger partial charge in [0.2, 0.25) is 0 Å². The van der Waals surface area contributed by atoms with E-state index in [2.05, 4.69) is 36.3 Å². The minimum atomic E-state index is 0.502. The van der Waals surface area contributed by atoms with Crippen molar-refractivity contribution in [2.75, 3.05) is 45.8 Å². The Hall–Kier alpha value is -0.120. The standard InChI is InChI=1S/C13H29N3/c1-4-13(2,3)5-6-14-7-10-16-11-8-15-9-12-16/h14-15H,4-12H2,1-3H3. The number of hydrogen-bond donors (Lipinski definition) is 2. The molecule has 1 heterocycles. The van der Waals surface area contributed by atoms with E-state index in [0.717, 1.165) is 26.2 Å². The van der Waals surface area contributed by atoms with Gasteiger partial charge in [-0.3, -0.25) is 4.90 Å². The van der Waals surface area contributed by atoms with Gasteiger partial charge in [-0.25, -0.2) is 0 Å². The molecule has 1 rings (SSSR count). The van der Waals surface area contributed by atoms with Gasteiger partial charge in [-0.05, 0) is 18.4 Å². The molecule has 3 nitrogen and oxygen atoms in total. The van der Waals surface area contributed by atoms with Crippen LogP contribution in [-0.2, 0) is 0 Å². The molecule has 1 aliphatic rings.